The maximum absolute atomic E-state index is 15.2. The quantitative estimate of drug-likeness (QED) is 0.447. The molecular weight excluding hydrogens is 461 g/mol. The predicted octanol–water partition coefficient (Wildman–Crippen LogP) is 4.66. The summed E-state index contributed by atoms with van der Waals surface area (Å²) in [6.07, 6.45) is 5.39. The largest absolute Gasteiger partial charge is 0.480 e. The number of aromatic amines is 1. The number of hydrogen-bond donors (Lipinski definition) is 1. The molecule has 1 atom stereocenters. The number of likely N-dealkylation sites (N-methyl/N-ethyl adjacent to an activating group) is 1. The number of aromatic nitrogens is 6. The predicted molar refractivity (Wildman–Crippen MR) is 137 cm³/mol. The van der Waals surface area contributed by atoms with E-state index in [-0.39, 0.29) is 18.0 Å². The Hall–Kier alpha value is -3.66. The molecule has 1 N–H and O–H groups in total. The Morgan fingerprint density at radius 3 is 2.78 bits per heavy atom. The van der Waals surface area contributed by atoms with E-state index in [1.807, 2.05) is 23.8 Å². The third-order valence-corrected chi connectivity index (χ3v) is 6.61. The van der Waals surface area contributed by atoms with Gasteiger partial charge in [0.1, 0.15) is 11.9 Å². The van der Waals surface area contributed by atoms with E-state index in [0.29, 0.717) is 47.2 Å². The maximum atomic E-state index is 15.2. The van der Waals surface area contributed by atoms with Gasteiger partial charge in [-0.15, -0.1) is 5.10 Å². The molecule has 190 valence electrons. The number of ether oxygens (including phenoxy) is 2. The molecule has 10 heteroatoms. The van der Waals surface area contributed by atoms with Crippen LogP contribution in [0.3, 0.4) is 0 Å². The third kappa shape index (κ3) is 4.15. The molecule has 0 spiro atoms. The zero-order valence-electron chi connectivity index (χ0n) is 21.5. The monoisotopic (exact) mass is 493 g/mol. The molecule has 1 aliphatic heterocycles. The first-order valence-electron chi connectivity index (χ1n) is 12.2. The molecule has 0 amide bonds. The van der Waals surface area contributed by atoms with Crippen LogP contribution >= 0.6 is 0 Å². The van der Waals surface area contributed by atoms with Crippen molar-refractivity contribution in [2.24, 2.45) is 7.05 Å². The fraction of sp³-hybridized carbons (Fsp3) is 0.423. The second-order valence-electron chi connectivity index (χ2n) is 9.47. The average Bonchev–Trinajstić information content (AvgIpc) is 3.51. The lowest BCUT2D eigenvalue weighted by Gasteiger charge is -2.26. The highest BCUT2D eigenvalue weighted by Gasteiger charge is 2.24. The van der Waals surface area contributed by atoms with Crippen molar-refractivity contribution in [3.05, 3.63) is 41.1 Å². The summed E-state index contributed by atoms with van der Waals surface area (Å²) in [5.41, 5.74) is 4.29. The fourth-order valence-corrected chi connectivity index (χ4v) is 4.78. The molecule has 5 rings (SSSR count). The minimum atomic E-state index is -0.367. The van der Waals surface area contributed by atoms with Crippen LogP contribution in [0.2, 0.25) is 0 Å². The Kier molecular flexibility index (Phi) is 6.29. The van der Waals surface area contributed by atoms with E-state index in [0.717, 1.165) is 23.2 Å². The lowest BCUT2D eigenvalue weighted by Crippen LogP contribution is -2.34. The van der Waals surface area contributed by atoms with Gasteiger partial charge in [-0.1, -0.05) is 6.92 Å². The second-order valence-corrected chi connectivity index (χ2v) is 9.47. The van der Waals surface area contributed by atoms with Crippen LogP contribution in [0.5, 0.6) is 11.8 Å². The highest BCUT2D eigenvalue weighted by atomic mass is 19.1. The zero-order chi connectivity index (χ0) is 25.6. The van der Waals surface area contributed by atoms with Gasteiger partial charge in [-0.3, -0.25) is 14.7 Å². The van der Waals surface area contributed by atoms with Crippen molar-refractivity contribution in [2.75, 3.05) is 20.2 Å². The van der Waals surface area contributed by atoms with E-state index in [4.69, 9.17) is 14.6 Å². The van der Waals surface area contributed by atoms with Crippen molar-refractivity contribution in [3.8, 4) is 22.9 Å². The molecule has 36 heavy (non-hydrogen) atoms. The van der Waals surface area contributed by atoms with Crippen LogP contribution in [0.25, 0.3) is 34.2 Å². The molecule has 1 aliphatic rings. The molecule has 0 aliphatic carbocycles. The fourth-order valence-electron chi connectivity index (χ4n) is 4.78. The molecule has 9 nitrogen and oxygen atoms in total. The molecule has 1 unspecified atom stereocenters. The summed E-state index contributed by atoms with van der Waals surface area (Å²) in [5, 5.41) is 17.3. The van der Waals surface area contributed by atoms with Gasteiger partial charge in [0, 0.05) is 43.2 Å². The van der Waals surface area contributed by atoms with E-state index in [9.17, 15) is 0 Å². The first-order valence-corrected chi connectivity index (χ1v) is 12.2. The number of hydrogen-bond acceptors (Lipinski definition) is 6. The van der Waals surface area contributed by atoms with Crippen LogP contribution in [-0.4, -0.2) is 61.0 Å². The Labute approximate surface area is 209 Å². The lowest BCUT2D eigenvalue weighted by atomic mass is 10.0. The van der Waals surface area contributed by atoms with Crippen LogP contribution in [0, 0.1) is 5.82 Å². The first-order chi connectivity index (χ1) is 17.3. The Balaban J connectivity index is 1.74. The smallest absolute Gasteiger partial charge is 0.240 e. The van der Waals surface area contributed by atoms with E-state index < -0.39 is 0 Å². The summed E-state index contributed by atoms with van der Waals surface area (Å²) in [5.74, 6) is 0.723. The van der Waals surface area contributed by atoms with Gasteiger partial charge in [0.25, 0.3) is 0 Å². The molecule has 0 radical (unpaired) electrons. The number of nitrogens with one attached hydrogen (secondary N) is 1. The van der Waals surface area contributed by atoms with Crippen LogP contribution in [0.1, 0.15) is 50.7 Å². The van der Waals surface area contributed by atoms with Crippen molar-refractivity contribution >= 4 is 23.1 Å². The minimum Gasteiger partial charge on any atom is -0.480 e. The highest BCUT2D eigenvalue weighted by molar-refractivity contribution is 5.93. The number of halogens is 1. The maximum Gasteiger partial charge on any atom is 0.240 e. The molecule has 2 bridgehead atoms. The molecule has 0 saturated heterocycles. The number of nitrogens with zero attached hydrogens (tertiary/aromatic N) is 6. The van der Waals surface area contributed by atoms with Crippen molar-refractivity contribution in [1.29, 1.82) is 0 Å². The van der Waals surface area contributed by atoms with Gasteiger partial charge in [-0.05, 0) is 45.5 Å². The lowest BCUT2D eigenvalue weighted by molar-refractivity contribution is 0.134. The number of aryl methyl sites for hydroxylation is 1. The summed E-state index contributed by atoms with van der Waals surface area (Å²) in [6.45, 7) is 10.5. The summed E-state index contributed by atoms with van der Waals surface area (Å²) in [6, 6.07) is 3.42. The number of fused-ring (bicyclic) bond motifs is 4. The van der Waals surface area contributed by atoms with E-state index in [2.05, 4.69) is 41.0 Å². The Morgan fingerprint density at radius 1 is 1.25 bits per heavy atom. The van der Waals surface area contributed by atoms with Gasteiger partial charge < -0.3 is 9.47 Å². The van der Waals surface area contributed by atoms with Crippen molar-refractivity contribution < 1.29 is 13.9 Å². The van der Waals surface area contributed by atoms with E-state index >= 15 is 4.39 Å². The van der Waals surface area contributed by atoms with Gasteiger partial charge in [0.05, 0.1) is 41.3 Å². The van der Waals surface area contributed by atoms with Crippen molar-refractivity contribution in [2.45, 2.75) is 46.4 Å². The van der Waals surface area contributed by atoms with Gasteiger partial charge in [0.15, 0.2) is 0 Å². The third-order valence-electron chi connectivity index (χ3n) is 6.61. The summed E-state index contributed by atoms with van der Waals surface area (Å²) in [7, 11) is 3.44. The van der Waals surface area contributed by atoms with Crippen LogP contribution in [-0.2, 0) is 13.6 Å². The topological polar surface area (TPSA) is 86.0 Å². The van der Waals surface area contributed by atoms with Crippen molar-refractivity contribution in [3.63, 3.8) is 0 Å². The molecule has 1 aromatic carbocycles. The number of methoxy groups -OCH3 is 1. The number of H-pyrrole nitrogens is 1. The van der Waals surface area contributed by atoms with Gasteiger partial charge in [0.2, 0.25) is 11.8 Å². The molecule has 3 aromatic heterocycles. The second kappa shape index (κ2) is 9.42. The highest BCUT2D eigenvalue weighted by Crippen LogP contribution is 2.36. The van der Waals surface area contributed by atoms with Gasteiger partial charge in [-0.2, -0.15) is 10.2 Å². The average molecular weight is 494 g/mol. The molecular formula is C26H32FN7O2. The summed E-state index contributed by atoms with van der Waals surface area (Å²) >= 11 is 0. The summed E-state index contributed by atoms with van der Waals surface area (Å²) in [4.78, 5) is 2.31. The first kappa shape index (κ1) is 24.1. The number of benzene rings is 1. The summed E-state index contributed by atoms with van der Waals surface area (Å²) < 4.78 is 31.0. The molecule has 4 heterocycles. The van der Waals surface area contributed by atoms with Gasteiger partial charge in [-0.25, -0.2) is 9.07 Å². The SMILES string of the molecule is CCN1Cc2c(c(OC)nn2C(C)C)/C=C/c2n[nH]c3cc(F)c(cc23)-c2cnn(C)c2OC(C)C1. The molecule has 4 aromatic rings. The Morgan fingerprint density at radius 2 is 2.06 bits per heavy atom. The van der Waals surface area contributed by atoms with Crippen LogP contribution < -0.4 is 9.47 Å². The van der Waals surface area contributed by atoms with Gasteiger partial charge >= 0.3 is 0 Å². The normalized spacial score (nSPS) is 17.5. The zero-order valence-corrected chi connectivity index (χ0v) is 21.5. The minimum absolute atomic E-state index is 0.152. The standard InChI is InChI=1S/C26H32FN7O2/c1-7-33-13-16(4)36-26-20(12-28-32(26)5)18-10-19-22(29-30-23(19)11-21(18)27)9-8-17-24(14-33)34(15(2)3)31-25(17)35-6/h8-12,15-16H,7,13-14H2,1-6H3,(H,29,30)/b9-8+. The van der Waals surface area contributed by atoms with Crippen molar-refractivity contribution in [1.82, 2.24) is 34.7 Å². The van der Waals surface area contributed by atoms with E-state index in [1.54, 1.807) is 31.1 Å². The van der Waals surface area contributed by atoms with E-state index in [1.165, 1.54) is 6.07 Å². The molecule has 0 fully saturated rings. The Bertz CT molecular complexity index is 1430. The van der Waals surface area contributed by atoms with Crippen LogP contribution in [0.4, 0.5) is 4.39 Å². The molecule has 0 saturated carbocycles. The number of rotatable bonds is 3. The van der Waals surface area contributed by atoms with Crippen LogP contribution in [0.15, 0.2) is 18.3 Å².